The highest BCUT2D eigenvalue weighted by atomic mass is 32.2. The first-order valence-corrected chi connectivity index (χ1v) is 6.23. The Morgan fingerprint density at radius 3 is 2.69 bits per heavy atom. The minimum Gasteiger partial charge on any atom is -0.463 e. The van der Waals surface area contributed by atoms with Crippen molar-refractivity contribution in [2.24, 2.45) is 0 Å². The van der Waals surface area contributed by atoms with Crippen molar-refractivity contribution in [3.05, 3.63) is 42.0 Å². The Morgan fingerprint density at radius 1 is 1.38 bits per heavy atom. The normalized spacial score (nSPS) is 10.6. The third kappa shape index (κ3) is 5.03. The molecule has 0 aliphatic rings. The van der Waals surface area contributed by atoms with Gasteiger partial charge in [0.25, 0.3) is 0 Å². The summed E-state index contributed by atoms with van der Waals surface area (Å²) in [6.45, 7) is 4.29. The Hall–Kier alpha value is -1.22. The van der Waals surface area contributed by atoms with Crippen LogP contribution in [0.25, 0.3) is 0 Å². The Kier molecular flexibility index (Phi) is 5.72. The van der Waals surface area contributed by atoms with Crippen LogP contribution < -0.4 is 0 Å². The first-order chi connectivity index (χ1) is 7.72. The molecule has 3 heteroatoms. The van der Waals surface area contributed by atoms with Gasteiger partial charge in [-0.1, -0.05) is 23.8 Å². The zero-order valence-electron chi connectivity index (χ0n) is 9.60. The van der Waals surface area contributed by atoms with Gasteiger partial charge in [0.2, 0.25) is 0 Å². The van der Waals surface area contributed by atoms with Crippen molar-refractivity contribution in [1.29, 1.82) is 0 Å². The summed E-state index contributed by atoms with van der Waals surface area (Å²) in [5, 5.41) is 0. The highest BCUT2D eigenvalue weighted by Gasteiger charge is 1.94. The van der Waals surface area contributed by atoms with E-state index in [-0.39, 0.29) is 5.97 Å². The van der Waals surface area contributed by atoms with Gasteiger partial charge in [0, 0.05) is 16.7 Å². The van der Waals surface area contributed by atoms with E-state index in [4.69, 9.17) is 4.74 Å². The molecule has 2 nitrogen and oxygen atoms in total. The molecule has 0 atom stereocenters. The molecular formula is C13H16O2S. The van der Waals surface area contributed by atoms with E-state index in [1.54, 1.807) is 18.7 Å². The van der Waals surface area contributed by atoms with Crippen molar-refractivity contribution in [1.82, 2.24) is 0 Å². The molecule has 0 aliphatic carbocycles. The number of thioether (sulfide) groups is 1. The SMILES string of the molecule is CCOC(=O)/C=C/CSc1ccc(C)cc1. The zero-order chi connectivity index (χ0) is 11.8. The van der Waals surface area contributed by atoms with Crippen molar-refractivity contribution in [3.63, 3.8) is 0 Å². The molecule has 1 aromatic carbocycles. The summed E-state index contributed by atoms with van der Waals surface area (Å²) < 4.78 is 4.77. The molecule has 0 bridgehead atoms. The second-order valence-electron chi connectivity index (χ2n) is 3.28. The predicted molar refractivity (Wildman–Crippen MR) is 67.7 cm³/mol. The number of hydrogen-bond acceptors (Lipinski definition) is 3. The number of esters is 1. The van der Waals surface area contributed by atoms with Crippen LogP contribution >= 0.6 is 11.8 Å². The molecule has 1 rings (SSSR count). The summed E-state index contributed by atoms with van der Waals surface area (Å²) in [7, 11) is 0. The topological polar surface area (TPSA) is 26.3 Å². The Labute approximate surface area is 101 Å². The van der Waals surface area contributed by atoms with Gasteiger partial charge < -0.3 is 4.74 Å². The third-order valence-electron chi connectivity index (χ3n) is 1.91. The molecule has 86 valence electrons. The minimum atomic E-state index is -0.271. The number of aryl methyl sites for hydroxylation is 1. The fourth-order valence-corrected chi connectivity index (χ4v) is 1.83. The molecule has 0 radical (unpaired) electrons. The summed E-state index contributed by atoms with van der Waals surface area (Å²) in [6.07, 6.45) is 3.30. The Balaban J connectivity index is 2.30. The van der Waals surface area contributed by atoms with E-state index in [2.05, 4.69) is 31.2 Å². The van der Waals surface area contributed by atoms with Gasteiger partial charge in [-0.15, -0.1) is 11.8 Å². The summed E-state index contributed by atoms with van der Waals surface area (Å²) >= 11 is 1.69. The Morgan fingerprint density at radius 2 is 2.06 bits per heavy atom. The summed E-state index contributed by atoms with van der Waals surface area (Å²) in [4.78, 5) is 12.2. The van der Waals surface area contributed by atoms with Crippen LogP contribution in [-0.2, 0) is 9.53 Å². The minimum absolute atomic E-state index is 0.271. The lowest BCUT2D eigenvalue weighted by molar-refractivity contribution is -0.137. The third-order valence-corrected chi connectivity index (χ3v) is 2.87. The molecule has 0 N–H and O–H groups in total. The highest BCUT2D eigenvalue weighted by molar-refractivity contribution is 7.99. The van der Waals surface area contributed by atoms with E-state index >= 15 is 0 Å². The average molecular weight is 236 g/mol. The maximum Gasteiger partial charge on any atom is 0.330 e. The van der Waals surface area contributed by atoms with Crippen LogP contribution in [0.3, 0.4) is 0 Å². The van der Waals surface area contributed by atoms with Crippen LogP contribution in [-0.4, -0.2) is 18.3 Å². The predicted octanol–water partition coefficient (Wildman–Crippen LogP) is 3.21. The molecule has 0 fully saturated rings. The molecule has 0 saturated carbocycles. The van der Waals surface area contributed by atoms with Gasteiger partial charge in [-0.3, -0.25) is 0 Å². The van der Waals surface area contributed by atoms with Gasteiger partial charge in [-0.25, -0.2) is 4.79 Å². The van der Waals surface area contributed by atoms with Gasteiger partial charge in [0.1, 0.15) is 0 Å². The molecule has 0 aliphatic heterocycles. The fraction of sp³-hybridized carbons (Fsp3) is 0.308. The van der Waals surface area contributed by atoms with Crippen LogP contribution in [0.2, 0.25) is 0 Å². The van der Waals surface area contributed by atoms with Crippen molar-refractivity contribution < 1.29 is 9.53 Å². The quantitative estimate of drug-likeness (QED) is 0.446. The van der Waals surface area contributed by atoms with E-state index in [1.165, 1.54) is 16.5 Å². The number of rotatable bonds is 5. The summed E-state index contributed by atoms with van der Waals surface area (Å²) in [6, 6.07) is 8.32. The van der Waals surface area contributed by atoms with E-state index in [0.717, 1.165) is 5.75 Å². The molecule has 0 heterocycles. The van der Waals surface area contributed by atoms with Crippen LogP contribution in [0, 0.1) is 6.92 Å². The molecule has 0 amide bonds. The molecule has 0 spiro atoms. The number of carbonyl (C=O) groups is 1. The lowest BCUT2D eigenvalue weighted by Crippen LogP contribution is -1.98. The van der Waals surface area contributed by atoms with Crippen LogP contribution in [0.15, 0.2) is 41.3 Å². The van der Waals surface area contributed by atoms with Crippen LogP contribution in [0.5, 0.6) is 0 Å². The monoisotopic (exact) mass is 236 g/mol. The second kappa shape index (κ2) is 7.12. The molecule has 0 aromatic heterocycles. The molecule has 16 heavy (non-hydrogen) atoms. The smallest absolute Gasteiger partial charge is 0.330 e. The number of benzene rings is 1. The average Bonchev–Trinajstić information content (AvgIpc) is 2.27. The largest absolute Gasteiger partial charge is 0.463 e. The van der Waals surface area contributed by atoms with Crippen molar-refractivity contribution in [2.75, 3.05) is 12.4 Å². The zero-order valence-corrected chi connectivity index (χ0v) is 10.4. The van der Waals surface area contributed by atoms with E-state index in [0.29, 0.717) is 6.61 Å². The van der Waals surface area contributed by atoms with Crippen molar-refractivity contribution in [3.8, 4) is 0 Å². The Bertz CT molecular complexity index is 355. The van der Waals surface area contributed by atoms with Gasteiger partial charge in [-0.05, 0) is 26.0 Å². The molecule has 0 unspecified atom stereocenters. The maximum atomic E-state index is 11.0. The lowest BCUT2D eigenvalue weighted by atomic mass is 10.2. The van der Waals surface area contributed by atoms with E-state index < -0.39 is 0 Å². The van der Waals surface area contributed by atoms with Gasteiger partial charge in [0.15, 0.2) is 0 Å². The van der Waals surface area contributed by atoms with Crippen LogP contribution in [0.1, 0.15) is 12.5 Å². The number of hydrogen-bond donors (Lipinski definition) is 0. The van der Waals surface area contributed by atoms with Crippen molar-refractivity contribution >= 4 is 17.7 Å². The fourth-order valence-electron chi connectivity index (χ4n) is 1.11. The first kappa shape index (κ1) is 12.8. The van der Waals surface area contributed by atoms with E-state index in [9.17, 15) is 4.79 Å². The summed E-state index contributed by atoms with van der Waals surface area (Å²) in [5.41, 5.74) is 1.26. The first-order valence-electron chi connectivity index (χ1n) is 5.25. The lowest BCUT2D eigenvalue weighted by Gasteiger charge is -1.98. The maximum absolute atomic E-state index is 11.0. The standard InChI is InChI=1S/C13H16O2S/c1-3-15-13(14)5-4-10-16-12-8-6-11(2)7-9-12/h4-9H,3,10H2,1-2H3/b5-4+. The van der Waals surface area contributed by atoms with Crippen LogP contribution in [0.4, 0.5) is 0 Å². The number of ether oxygens (including phenoxy) is 1. The molecule has 0 saturated heterocycles. The van der Waals surface area contributed by atoms with Gasteiger partial charge >= 0.3 is 5.97 Å². The number of carbonyl (C=O) groups excluding carboxylic acids is 1. The van der Waals surface area contributed by atoms with E-state index in [1.807, 2.05) is 6.08 Å². The van der Waals surface area contributed by atoms with Gasteiger partial charge in [-0.2, -0.15) is 0 Å². The molecule has 1 aromatic rings. The highest BCUT2D eigenvalue weighted by Crippen LogP contribution is 2.17. The van der Waals surface area contributed by atoms with Gasteiger partial charge in [0.05, 0.1) is 6.61 Å². The molecular weight excluding hydrogens is 220 g/mol. The second-order valence-corrected chi connectivity index (χ2v) is 4.37. The summed E-state index contributed by atoms with van der Waals surface area (Å²) in [5.74, 6) is 0.508. The van der Waals surface area contributed by atoms with Crippen molar-refractivity contribution in [2.45, 2.75) is 18.7 Å².